The molecule has 1 unspecified atom stereocenters. The van der Waals surface area contributed by atoms with Crippen LogP contribution in [0, 0.1) is 23.1 Å². The minimum absolute atomic E-state index is 0.127. The number of piperidine rings is 1. The summed E-state index contributed by atoms with van der Waals surface area (Å²) in [5.41, 5.74) is 0.713. The molecule has 2 heterocycles. The fourth-order valence-electron chi connectivity index (χ4n) is 3.17. The van der Waals surface area contributed by atoms with E-state index >= 15 is 0 Å². The number of hydrogen-bond acceptors (Lipinski definition) is 5. The van der Waals surface area contributed by atoms with E-state index in [4.69, 9.17) is 10.00 Å². The number of carbonyl (C=O) groups is 2. The summed E-state index contributed by atoms with van der Waals surface area (Å²) in [6, 6.07) is 10.5. The van der Waals surface area contributed by atoms with Gasteiger partial charge in [0.1, 0.15) is 23.3 Å². The van der Waals surface area contributed by atoms with Crippen molar-refractivity contribution in [2.75, 3.05) is 26.2 Å². The fraction of sp³-hybridized carbons (Fsp3) is 0.333. The van der Waals surface area contributed by atoms with Crippen LogP contribution in [-0.4, -0.2) is 47.9 Å². The van der Waals surface area contributed by atoms with Gasteiger partial charge >= 0.3 is 0 Å². The minimum atomic E-state index is -0.366. The highest BCUT2D eigenvalue weighted by Gasteiger charge is 2.25. The lowest BCUT2D eigenvalue weighted by Gasteiger charge is -2.32. The fourth-order valence-corrected chi connectivity index (χ4v) is 3.17. The molecule has 1 aliphatic rings. The zero-order valence-corrected chi connectivity index (χ0v) is 15.8. The molecule has 150 valence electrons. The molecule has 1 aromatic carbocycles. The molecule has 29 heavy (non-hydrogen) atoms. The molecule has 2 aromatic rings. The lowest BCUT2D eigenvalue weighted by molar-refractivity contribution is -0.123. The first-order valence-electron chi connectivity index (χ1n) is 9.35. The van der Waals surface area contributed by atoms with Crippen LogP contribution in [0.5, 0.6) is 5.75 Å². The maximum absolute atomic E-state index is 12.9. The molecule has 1 aliphatic heterocycles. The van der Waals surface area contributed by atoms with Crippen LogP contribution in [0.15, 0.2) is 42.6 Å². The van der Waals surface area contributed by atoms with Crippen molar-refractivity contribution in [3.63, 3.8) is 0 Å². The van der Waals surface area contributed by atoms with Crippen LogP contribution < -0.4 is 10.1 Å². The first-order valence-corrected chi connectivity index (χ1v) is 9.35. The van der Waals surface area contributed by atoms with Crippen molar-refractivity contribution in [1.82, 2.24) is 15.2 Å². The molecule has 0 aliphatic carbocycles. The molecule has 1 N–H and O–H groups in total. The molecule has 1 atom stereocenters. The van der Waals surface area contributed by atoms with Gasteiger partial charge < -0.3 is 15.0 Å². The molecule has 3 rings (SSSR count). The van der Waals surface area contributed by atoms with Crippen LogP contribution in [0.3, 0.4) is 0 Å². The summed E-state index contributed by atoms with van der Waals surface area (Å²) >= 11 is 0. The number of benzene rings is 1. The molecule has 1 aromatic heterocycles. The second-order valence-corrected chi connectivity index (χ2v) is 6.85. The first-order chi connectivity index (χ1) is 14.0. The van der Waals surface area contributed by atoms with Crippen molar-refractivity contribution in [2.24, 2.45) is 5.92 Å². The number of amides is 2. The number of pyridine rings is 1. The maximum atomic E-state index is 12.9. The number of likely N-dealkylation sites (tertiary alicyclic amines) is 1. The second kappa shape index (κ2) is 9.64. The van der Waals surface area contributed by atoms with Gasteiger partial charge in [-0.25, -0.2) is 9.37 Å². The summed E-state index contributed by atoms with van der Waals surface area (Å²) in [6.07, 6.45) is 3.18. The highest BCUT2D eigenvalue weighted by molar-refractivity contribution is 5.94. The standard InChI is InChI=1S/C21H21FN4O3/c22-17-4-7-19(8-5-17)29-14-20(27)25-11-15-2-1-9-26(13-15)21(28)16-3-6-18(10-23)24-12-16/h3-8,12,15H,1-2,9,11,13-14H2,(H,25,27). The molecule has 2 amide bonds. The third-order valence-electron chi connectivity index (χ3n) is 4.70. The molecule has 0 saturated carbocycles. The van der Waals surface area contributed by atoms with Crippen molar-refractivity contribution in [3.05, 3.63) is 59.7 Å². The normalized spacial score (nSPS) is 16.0. The van der Waals surface area contributed by atoms with Crippen LogP contribution in [0.25, 0.3) is 0 Å². The Labute approximate surface area is 168 Å². The lowest BCUT2D eigenvalue weighted by Crippen LogP contribution is -2.44. The number of nitrogens with zero attached hydrogens (tertiary/aromatic N) is 3. The van der Waals surface area contributed by atoms with Gasteiger partial charge in [0.15, 0.2) is 6.61 Å². The van der Waals surface area contributed by atoms with Gasteiger partial charge in [-0.05, 0) is 55.2 Å². The number of halogens is 1. The number of rotatable bonds is 6. The van der Waals surface area contributed by atoms with E-state index in [1.807, 2.05) is 6.07 Å². The van der Waals surface area contributed by atoms with Crippen molar-refractivity contribution in [1.29, 1.82) is 5.26 Å². The molecule has 1 fully saturated rings. The van der Waals surface area contributed by atoms with Crippen molar-refractivity contribution >= 4 is 11.8 Å². The minimum Gasteiger partial charge on any atom is -0.484 e. The van der Waals surface area contributed by atoms with Gasteiger partial charge in [-0.15, -0.1) is 0 Å². The van der Waals surface area contributed by atoms with Gasteiger partial charge in [0, 0.05) is 25.8 Å². The third kappa shape index (κ3) is 5.75. The van der Waals surface area contributed by atoms with Crippen LogP contribution >= 0.6 is 0 Å². The first kappa shape index (κ1) is 20.3. The largest absolute Gasteiger partial charge is 0.484 e. The van der Waals surface area contributed by atoms with E-state index in [1.54, 1.807) is 11.0 Å². The smallest absolute Gasteiger partial charge is 0.257 e. The zero-order chi connectivity index (χ0) is 20.6. The molecule has 7 nitrogen and oxygen atoms in total. The molecule has 0 spiro atoms. The van der Waals surface area contributed by atoms with Gasteiger partial charge in [0.2, 0.25) is 0 Å². The van der Waals surface area contributed by atoms with E-state index in [-0.39, 0.29) is 35.9 Å². The Balaban J connectivity index is 1.45. The van der Waals surface area contributed by atoms with Gasteiger partial charge in [0.05, 0.1) is 5.56 Å². The summed E-state index contributed by atoms with van der Waals surface area (Å²) in [4.78, 5) is 30.3. The van der Waals surface area contributed by atoms with Crippen LogP contribution in [0.2, 0.25) is 0 Å². The van der Waals surface area contributed by atoms with Gasteiger partial charge in [-0.3, -0.25) is 9.59 Å². The zero-order valence-electron chi connectivity index (χ0n) is 15.8. The monoisotopic (exact) mass is 396 g/mol. The number of nitriles is 1. The maximum Gasteiger partial charge on any atom is 0.257 e. The predicted octanol–water partition coefficient (Wildman–Crippen LogP) is 2.14. The summed E-state index contributed by atoms with van der Waals surface area (Å²) < 4.78 is 18.2. The highest BCUT2D eigenvalue weighted by atomic mass is 19.1. The van der Waals surface area contributed by atoms with Crippen LogP contribution in [-0.2, 0) is 4.79 Å². The Kier molecular flexibility index (Phi) is 6.74. The highest BCUT2D eigenvalue weighted by Crippen LogP contribution is 2.18. The number of carbonyl (C=O) groups excluding carboxylic acids is 2. The summed E-state index contributed by atoms with van der Waals surface area (Å²) in [7, 11) is 0. The molecule has 8 heteroatoms. The Morgan fingerprint density at radius 2 is 2.07 bits per heavy atom. The summed E-state index contributed by atoms with van der Waals surface area (Å²) in [5, 5.41) is 11.6. The Bertz CT molecular complexity index is 894. The molecule has 0 radical (unpaired) electrons. The van der Waals surface area contributed by atoms with Gasteiger partial charge in [-0.1, -0.05) is 0 Å². The van der Waals surface area contributed by atoms with Gasteiger partial charge in [-0.2, -0.15) is 5.26 Å². The number of hydrogen-bond donors (Lipinski definition) is 1. The molecule has 1 saturated heterocycles. The number of aromatic nitrogens is 1. The Morgan fingerprint density at radius 3 is 2.76 bits per heavy atom. The average molecular weight is 396 g/mol. The van der Waals surface area contributed by atoms with E-state index in [9.17, 15) is 14.0 Å². The Hall–Kier alpha value is -3.47. The molecular weight excluding hydrogens is 375 g/mol. The van der Waals surface area contributed by atoms with E-state index in [2.05, 4.69) is 10.3 Å². The number of ether oxygens (including phenoxy) is 1. The topological polar surface area (TPSA) is 95.3 Å². The van der Waals surface area contributed by atoms with Crippen LogP contribution in [0.4, 0.5) is 4.39 Å². The van der Waals surface area contributed by atoms with Crippen molar-refractivity contribution in [3.8, 4) is 11.8 Å². The predicted molar refractivity (Wildman–Crippen MR) is 102 cm³/mol. The summed E-state index contributed by atoms with van der Waals surface area (Å²) in [5.74, 6) is -0.192. The lowest BCUT2D eigenvalue weighted by atomic mass is 9.97. The quantitative estimate of drug-likeness (QED) is 0.807. The number of nitrogens with one attached hydrogen (secondary N) is 1. The van der Waals surface area contributed by atoms with E-state index in [0.29, 0.717) is 30.9 Å². The van der Waals surface area contributed by atoms with Crippen molar-refractivity contribution in [2.45, 2.75) is 12.8 Å². The van der Waals surface area contributed by atoms with E-state index < -0.39 is 0 Å². The van der Waals surface area contributed by atoms with E-state index in [0.717, 1.165) is 12.8 Å². The van der Waals surface area contributed by atoms with E-state index in [1.165, 1.54) is 36.5 Å². The third-order valence-corrected chi connectivity index (χ3v) is 4.70. The van der Waals surface area contributed by atoms with Gasteiger partial charge in [0.25, 0.3) is 11.8 Å². The molecule has 0 bridgehead atoms. The average Bonchev–Trinajstić information content (AvgIpc) is 2.77. The summed E-state index contributed by atoms with van der Waals surface area (Å²) in [6.45, 7) is 1.48. The van der Waals surface area contributed by atoms with Crippen molar-refractivity contribution < 1.29 is 18.7 Å². The Morgan fingerprint density at radius 1 is 1.28 bits per heavy atom. The second-order valence-electron chi connectivity index (χ2n) is 6.85. The SMILES string of the molecule is N#Cc1ccc(C(=O)N2CCCC(CNC(=O)COc3ccc(F)cc3)C2)cn1. The van der Waals surface area contributed by atoms with Crippen LogP contribution in [0.1, 0.15) is 28.9 Å². The molecular formula is C21H21FN4O3.